The topological polar surface area (TPSA) is 59.1 Å². The van der Waals surface area contributed by atoms with Crippen molar-refractivity contribution in [2.75, 3.05) is 12.3 Å². The Morgan fingerprint density at radius 2 is 1.87 bits per heavy atom. The Morgan fingerprint density at radius 1 is 1.13 bits per heavy atom. The molecule has 0 radical (unpaired) electrons. The van der Waals surface area contributed by atoms with Crippen LogP contribution < -0.4 is 4.72 Å². The lowest BCUT2D eigenvalue weighted by Gasteiger charge is -2.18. The number of nitrogens with one attached hydrogen (secondary N) is 1. The van der Waals surface area contributed by atoms with Crippen LogP contribution >= 0.6 is 0 Å². The summed E-state index contributed by atoms with van der Waals surface area (Å²) in [4.78, 5) is 4.41. The van der Waals surface area contributed by atoms with E-state index in [2.05, 4.69) is 9.71 Å². The first-order chi connectivity index (χ1) is 11.0. The molecule has 124 valence electrons. The van der Waals surface area contributed by atoms with Gasteiger partial charge >= 0.3 is 0 Å². The lowest BCUT2D eigenvalue weighted by atomic mass is 9.94. The monoisotopic (exact) mass is 332 g/mol. The molecule has 4 nitrogen and oxygen atoms in total. The number of benzene rings is 1. The first-order valence-corrected chi connectivity index (χ1v) is 9.62. The second kappa shape index (κ2) is 8.22. The molecule has 0 aliphatic heterocycles. The van der Waals surface area contributed by atoms with Gasteiger partial charge in [-0.15, -0.1) is 0 Å². The number of hydrogen-bond donors (Lipinski definition) is 1. The molecule has 2 rings (SSSR count). The number of aromatic nitrogens is 1. The molecule has 0 aliphatic carbocycles. The van der Waals surface area contributed by atoms with Crippen molar-refractivity contribution in [3.8, 4) is 0 Å². The minimum atomic E-state index is -3.24. The fraction of sp³-hybridized carbons (Fsp3) is 0.389. The van der Waals surface area contributed by atoms with Gasteiger partial charge in [-0.25, -0.2) is 13.1 Å². The van der Waals surface area contributed by atoms with E-state index in [0.717, 1.165) is 17.7 Å². The first kappa shape index (κ1) is 17.6. The van der Waals surface area contributed by atoms with Gasteiger partial charge in [0.05, 0.1) is 5.75 Å². The van der Waals surface area contributed by atoms with Gasteiger partial charge in [-0.2, -0.15) is 0 Å². The average Bonchev–Trinajstić information content (AvgIpc) is 2.56. The summed E-state index contributed by atoms with van der Waals surface area (Å²) in [6, 6.07) is 13.9. The van der Waals surface area contributed by atoms with Crippen LogP contribution in [0.5, 0.6) is 0 Å². The molecule has 1 N–H and O–H groups in total. The summed E-state index contributed by atoms with van der Waals surface area (Å²) in [5.41, 5.74) is 3.11. The SMILES string of the molecule is CCCCS(=O)(=O)NCC(c1ccc(C)cc1)c1ccccn1. The van der Waals surface area contributed by atoms with E-state index < -0.39 is 10.0 Å². The van der Waals surface area contributed by atoms with Crippen LogP contribution in [0, 0.1) is 6.92 Å². The minimum Gasteiger partial charge on any atom is -0.261 e. The van der Waals surface area contributed by atoms with Gasteiger partial charge in [0.2, 0.25) is 10.0 Å². The Kier molecular flexibility index (Phi) is 6.30. The zero-order valence-electron chi connectivity index (χ0n) is 13.7. The van der Waals surface area contributed by atoms with Crippen molar-refractivity contribution in [1.29, 1.82) is 0 Å². The van der Waals surface area contributed by atoms with Gasteiger partial charge in [0.15, 0.2) is 0 Å². The molecule has 1 unspecified atom stereocenters. The van der Waals surface area contributed by atoms with Gasteiger partial charge in [-0.1, -0.05) is 49.2 Å². The summed E-state index contributed by atoms with van der Waals surface area (Å²) < 4.78 is 26.9. The average molecular weight is 332 g/mol. The molecule has 0 fully saturated rings. The van der Waals surface area contributed by atoms with Crippen LogP contribution in [-0.4, -0.2) is 25.7 Å². The van der Waals surface area contributed by atoms with Crippen molar-refractivity contribution >= 4 is 10.0 Å². The van der Waals surface area contributed by atoms with Gasteiger partial charge in [-0.3, -0.25) is 4.98 Å². The molecule has 0 spiro atoms. The summed E-state index contributed by atoms with van der Waals surface area (Å²) in [6.45, 7) is 4.34. The zero-order valence-corrected chi connectivity index (χ0v) is 14.5. The summed E-state index contributed by atoms with van der Waals surface area (Å²) in [6.07, 6.45) is 3.28. The van der Waals surface area contributed by atoms with E-state index in [4.69, 9.17) is 0 Å². The summed E-state index contributed by atoms with van der Waals surface area (Å²) in [5, 5.41) is 0. The standard InChI is InChI=1S/C18H24N2O2S/c1-3-4-13-23(21,22)20-14-17(18-7-5-6-12-19-18)16-10-8-15(2)9-11-16/h5-12,17,20H,3-4,13-14H2,1-2H3. The predicted molar refractivity (Wildman–Crippen MR) is 94.0 cm³/mol. The fourth-order valence-electron chi connectivity index (χ4n) is 2.39. The molecular weight excluding hydrogens is 308 g/mol. The number of pyridine rings is 1. The maximum Gasteiger partial charge on any atom is 0.211 e. The van der Waals surface area contributed by atoms with Crippen LogP contribution in [0.25, 0.3) is 0 Å². The van der Waals surface area contributed by atoms with Crippen molar-refractivity contribution in [2.45, 2.75) is 32.6 Å². The first-order valence-electron chi connectivity index (χ1n) is 7.96. The highest BCUT2D eigenvalue weighted by Gasteiger charge is 2.18. The number of aryl methyl sites for hydroxylation is 1. The molecule has 23 heavy (non-hydrogen) atoms. The van der Waals surface area contributed by atoms with E-state index in [0.29, 0.717) is 13.0 Å². The van der Waals surface area contributed by atoms with Crippen LogP contribution in [0.4, 0.5) is 0 Å². The third kappa shape index (κ3) is 5.44. The number of rotatable bonds is 8. The molecule has 1 atom stereocenters. The predicted octanol–water partition coefficient (Wildman–Crippen LogP) is 3.24. The molecule has 2 aromatic rings. The van der Waals surface area contributed by atoms with Crippen molar-refractivity contribution in [1.82, 2.24) is 9.71 Å². The molecule has 1 heterocycles. The third-order valence-electron chi connectivity index (χ3n) is 3.80. The number of hydrogen-bond acceptors (Lipinski definition) is 3. The van der Waals surface area contributed by atoms with Crippen molar-refractivity contribution in [3.63, 3.8) is 0 Å². The van der Waals surface area contributed by atoms with E-state index in [1.807, 2.05) is 56.3 Å². The number of nitrogens with zero attached hydrogens (tertiary/aromatic N) is 1. The van der Waals surface area contributed by atoms with Gasteiger partial charge in [0, 0.05) is 24.4 Å². The Morgan fingerprint density at radius 3 is 2.48 bits per heavy atom. The van der Waals surface area contributed by atoms with E-state index in [9.17, 15) is 8.42 Å². The molecule has 0 aliphatic rings. The normalized spacial score (nSPS) is 13.0. The van der Waals surface area contributed by atoms with Gasteiger partial charge in [-0.05, 0) is 31.0 Å². The summed E-state index contributed by atoms with van der Waals surface area (Å²) in [7, 11) is -3.24. The second-order valence-corrected chi connectivity index (χ2v) is 7.67. The summed E-state index contributed by atoms with van der Waals surface area (Å²) >= 11 is 0. The van der Waals surface area contributed by atoms with Crippen LogP contribution in [0.15, 0.2) is 48.7 Å². The maximum absolute atomic E-state index is 12.1. The van der Waals surface area contributed by atoms with E-state index in [-0.39, 0.29) is 11.7 Å². The Bertz CT molecular complexity index is 698. The Balaban J connectivity index is 2.20. The lowest BCUT2D eigenvalue weighted by molar-refractivity contribution is 0.573. The van der Waals surface area contributed by atoms with Gasteiger partial charge in [0.1, 0.15) is 0 Å². The highest BCUT2D eigenvalue weighted by Crippen LogP contribution is 2.23. The van der Waals surface area contributed by atoms with Crippen LogP contribution in [0.1, 0.15) is 42.5 Å². The van der Waals surface area contributed by atoms with E-state index in [1.54, 1.807) is 6.20 Å². The number of unbranched alkanes of at least 4 members (excludes halogenated alkanes) is 1. The van der Waals surface area contributed by atoms with Crippen molar-refractivity contribution in [2.24, 2.45) is 0 Å². The van der Waals surface area contributed by atoms with Crippen LogP contribution in [0.3, 0.4) is 0 Å². The smallest absolute Gasteiger partial charge is 0.211 e. The lowest BCUT2D eigenvalue weighted by Crippen LogP contribution is -2.31. The van der Waals surface area contributed by atoms with Crippen molar-refractivity contribution in [3.05, 3.63) is 65.5 Å². The molecule has 1 aromatic heterocycles. The second-order valence-electron chi connectivity index (χ2n) is 5.74. The van der Waals surface area contributed by atoms with Gasteiger partial charge < -0.3 is 0 Å². The quantitative estimate of drug-likeness (QED) is 0.807. The summed E-state index contributed by atoms with van der Waals surface area (Å²) in [5.74, 6) is 0.0833. The van der Waals surface area contributed by atoms with Crippen LogP contribution in [0.2, 0.25) is 0 Å². The molecule has 5 heteroatoms. The van der Waals surface area contributed by atoms with Gasteiger partial charge in [0.25, 0.3) is 0 Å². The molecule has 1 aromatic carbocycles. The number of sulfonamides is 1. The van der Waals surface area contributed by atoms with E-state index >= 15 is 0 Å². The molecule has 0 amide bonds. The molecule has 0 saturated carbocycles. The maximum atomic E-state index is 12.1. The zero-order chi connectivity index (χ0) is 16.7. The van der Waals surface area contributed by atoms with Crippen molar-refractivity contribution < 1.29 is 8.42 Å². The largest absolute Gasteiger partial charge is 0.261 e. The third-order valence-corrected chi connectivity index (χ3v) is 5.23. The Labute approximate surface area is 139 Å². The van der Waals surface area contributed by atoms with Crippen LogP contribution in [-0.2, 0) is 10.0 Å². The highest BCUT2D eigenvalue weighted by atomic mass is 32.2. The minimum absolute atomic E-state index is 0.0896. The molecule has 0 saturated heterocycles. The molecular formula is C18H24N2O2S. The van der Waals surface area contributed by atoms with E-state index in [1.165, 1.54) is 5.56 Å². The molecule has 0 bridgehead atoms. The highest BCUT2D eigenvalue weighted by molar-refractivity contribution is 7.89. The fourth-order valence-corrected chi connectivity index (χ4v) is 3.62. The Hall–Kier alpha value is -1.72.